The van der Waals surface area contributed by atoms with Crippen molar-refractivity contribution in [2.24, 2.45) is 0 Å². The average molecular weight is 358 g/mol. The van der Waals surface area contributed by atoms with E-state index in [-0.39, 0.29) is 0 Å². The van der Waals surface area contributed by atoms with Crippen molar-refractivity contribution in [1.29, 1.82) is 0 Å². The topological polar surface area (TPSA) is 64.9 Å². The summed E-state index contributed by atoms with van der Waals surface area (Å²) in [6.07, 6.45) is 0.798. The summed E-state index contributed by atoms with van der Waals surface area (Å²) >= 11 is 5.97. The fourth-order valence-corrected chi connectivity index (χ4v) is 2.71. The molecule has 0 radical (unpaired) electrons. The number of aromatic nitrogens is 4. The number of hydrogen-bond acceptors (Lipinski definition) is 5. The lowest BCUT2D eigenvalue weighted by Gasteiger charge is -2.29. The van der Waals surface area contributed by atoms with Crippen molar-refractivity contribution in [1.82, 2.24) is 20.2 Å². The van der Waals surface area contributed by atoms with Crippen LogP contribution < -0.4 is 10.1 Å². The highest BCUT2D eigenvalue weighted by Gasteiger charge is 2.31. The molecule has 2 aromatic carbocycles. The third-order valence-electron chi connectivity index (χ3n) is 4.25. The molecule has 130 valence electrons. The van der Waals surface area contributed by atoms with Crippen LogP contribution >= 0.6 is 11.6 Å². The molecule has 0 saturated heterocycles. The monoisotopic (exact) mass is 357 g/mol. The van der Waals surface area contributed by atoms with Crippen molar-refractivity contribution in [2.75, 3.05) is 12.4 Å². The van der Waals surface area contributed by atoms with Crippen molar-refractivity contribution in [3.8, 4) is 11.4 Å². The first kappa shape index (κ1) is 17.2. The number of tetrazole rings is 1. The lowest BCUT2D eigenvalue weighted by molar-refractivity contribution is 0.414. The molecule has 6 nitrogen and oxygen atoms in total. The third-order valence-corrected chi connectivity index (χ3v) is 4.50. The number of anilines is 1. The Hall–Kier alpha value is -2.60. The van der Waals surface area contributed by atoms with Gasteiger partial charge in [0.05, 0.1) is 18.3 Å². The van der Waals surface area contributed by atoms with Crippen LogP contribution in [0.1, 0.15) is 26.1 Å². The normalized spacial score (nSPS) is 13.3. The van der Waals surface area contributed by atoms with Crippen molar-refractivity contribution >= 4 is 17.3 Å². The van der Waals surface area contributed by atoms with Crippen LogP contribution in [0.3, 0.4) is 0 Å². The smallest absolute Gasteiger partial charge is 0.181 e. The molecule has 3 aromatic rings. The summed E-state index contributed by atoms with van der Waals surface area (Å²) in [7, 11) is 1.64. The molecule has 7 heteroatoms. The maximum atomic E-state index is 5.97. The van der Waals surface area contributed by atoms with E-state index in [1.807, 2.05) is 48.5 Å². The fraction of sp³-hybridized carbons (Fsp3) is 0.278. The van der Waals surface area contributed by atoms with Gasteiger partial charge in [-0.2, -0.15) is 4.68 Å². The Kier molecular flexibility index (Phi) is 4.90. The van der Waals surface area contributed by atoms with E-state index < -0.39 is 5.54 Å². The zero-order valence-corrected chi connectivity index (χ0v) is 15.2. The zero-order valence-electron chi connectivity index (χ0n) is 14.4. The molecule has 3 rings (SSSR count). The predicted molar refractivity (Wildman–Crippen MR) is 98.4 cm³/mol. The largest absolute Gasteiger partial charge is 0.497 e. The highest BCUT2D eigenvalue weighted by Crippen LogP contribution is 2.29. The Morgan fingerprint density at radius 2 is 1.80 bits per heavy atom. The molecule has 1 N–H and O–H groups in total. The highest BCUT2D eigenvalue weighted by atomic mass is 35.5. The molecule has 0 spiro atoms. The lowest BCUT2D eigenvalue weighted by atomic mass is 9.97. The number of rotatable bonds is 6. The van der Waals surface area contributed by atoms with Gasteiger partial charge in [-0.15, -0.1) is 5.10 Å². The average Bonchev–Trinajstić information content (AvgIpc) is 3.14. The van der Waals surface area contributed by atoms with E-state index >= 15 is 0 Å². The van der Waals surface area contributed by atoms with E-state index in [4.69, 9.17) is 16.3 Å². The Labute approximate surface area is 151 Å². The van der Waals surface area contributed by atoms with E-state index in [1.165, 1.54) is 0 Å². The van der Waals surface area contributed by atoms with E-state index in [0.717, 1.165) is 29.4 Å². The van der Waals surface area contributed by atoms with Gasteiger partial charge in [0.15, 0.2) is 5.82 Å². The third kappa shape index (κ3) is 3.58. The number of methoxy groups -OCH3 is 1. The van der Waals surface area contributed by atoms with Gasteiger partial charge in [0.1, 0.15) is 5.75 Å². The zero-order chi connectivity index (χ0) is 17.9. The predicted octanol–water partition coefficient (Wildman–Crippen LogP) is 4.06. The number of ether oxygens (including phenoxy) is 1. The highest BCUT2D eigenvalue weighted by molar-refractivity contribution is 6.30. The molecule has 0 aliphatic rings. The summed E-state index contributed by atoms with van der Waals surface area (Å²) in [4.78, 5) is 0. The minimum atomic E-state index is -0.447. The Morgan fingerprint density at radius 1 is 1.12 bits per heavy atom. The molecule has 1 heterocycles. The summed E-state index contributed by atoms with van der Waals surface area (Å²) < 4.78 is 6.95. The van der Waals surface area contributed by atoms with E-state index in [2.05, 4.69) is 34.7 Å². The van der Waals surface area contributed by atoms with Crippen molar-refractivity contribution in [3.63, 3.8) is 0 Å². The maximum absolute atomic E-state index is 5.97. The molecule has 0 fully saturated rings. The van der Waals surface area contributed by atoms with Gasteiger partial charge in [0.25, 0.3) is 0 Å². The van der Waals surface area contributed by atoms with Gasteiger partial charge in [-0.05, 0) is 72.3 Å². The first-order chi connectivity index (χ1) is 12.1. The Bertz CT molecular complexity index is 831. The molecule has 0 aliphatic carbocycles. The number of benzene rings is 2. The van der Waals surface area contributed by atoms with Gasteiger partial charge in [0, 0.05) is 10.7 Å². The molecular weight excluding hydrogens is 338 g/mol. The first-order valence-electron chi connectivity index (χ1n) is 8.03. The second-order valence-corrected chi connectivity index (χ2v) is 6.37. The minimum Gasteiger partial charge on any atom is -0.497 e. The molecule has 1 aromatic heterocycles. The minimum absolute atomic E-state index is 0.447. The summed E-state index contributed by atoms with van der Waals surface area (Å²) in [5, 5.41) is 16.5. The molecule has 0 bridgehead atoms. The van der Waals surface area contributed by atoms with Gasteiger partial charge in [-0.1, -0.05) is 18.5 Å². The molecular formula is C18H20ClN5O. The Morgan fingerprint density at radius 3 is 2.40 bits per heavy atom. The van der Waals surface area contributed by atoms with Crippen LogP contribution in [0.4, 0.5) is 5.69 Å². The van der Waals surface area contributed by atoms with Gasteiger partial charge < -0.3 is 10.1 Å². The van der Waals surface area contributed by atoms with Crippen LogP contribution in [0.25, 0.3) is 5.69 Å². The van der Waals surface area contributed by atoms with E-state index in [0.29, 0.717) is 5.02 Å². The van der Waals surface area contributed by atoms with Crippen molar-refractivity contribution in [2.45, 2.75) is 25.8 Å². The van der Waals surface area contributed by atoms with Crippen LogP contribution in [-0.4, -0.2) is 27.3 Å². The van der Waals surface area contributed by atoms with Gasteiger partial charge in [0.2, 0.25) is 0 Å². The van der Waals surface area contributed by atoms with Crippen LogP contribution in [-0.2, 0) is 5.54 Å². The maximum Gasteiger partial charge on any atom is 0.181 e. The standard InChI is InChI=1S/C18H20ClN5O/c1-4-18(2,20-14-7-5-13(19)6-8-14)17-21-22-23-24(17)15-9-11-16(25-3)12-10-15/h5-12,20H,4H2,1-3H3/t18-/m0/s1. The molecule has 0 saturated carbocycles. The molecule has 1 atom stereocenters. The summed E-state index contributed by atoms with van der Waals surface area (Å²) in [6, 6.07) is 15.2. The van der Waals surface area contributed by atoms with Gasteiger partial charge in [-0.25, -0.2) is 0 Å². The summed E-state index contributed by atoms with van der Waals surface area (Å²) in [5.41, 5.74) is 1.38. The second-order valence-electron chi connectivity index (χ2n) is 5.93. The quantitative estimate of drug-likeness (QED) is 0.720. The summed E-state index contributed by atoms with van der Waals surface area (Å²) in [5.74, 6) is 1.52. The SMILES string of the molecule is CC[C@](C)(Nc1ccc(Cl)cc1)c1nnnn1-c1ccc(OC)cc1. The van der Waals surface area contributed by atoms with Gasteiger partial charge >= 0.3 is 0 Å². The van der Waals surface area contributed by atoms with Crippen LogP contribution in [0.5, 0.6) is 5.75 Å². The first-order valence-corrected chi connectivity index (χ1v) is 8.40. The molecule has 0 unspecified atom stereocenters. The van der Waals surface area contributed by atoms with Crippen LogP contribution in [0.2, 0.25) is 5.02 Å². The van der Waals surface area contributed by atoms with Crippen molar-refractivity contribution in [3.05, 3.63) is 59.4 Å². The lowest BCUT2D eigenvalue weighted by Crippen LogP contribution is -2.34. The van der Waals surface area contributed by atoms with Crippen LogP contribution in [0, 0.1) is 0 Å². The fourth-order valence-electron chi connectivity index (χ4n) is 2.58. The van der Waals surface area contributed by atoms with Crippen LogP contribution in [0.15, 0.2) is 48.5 Å². The van der Waals surface area contributed by atoms with E-state index in [1.54, 1.807) is 11.8 Å². The van der Waals surface area contributed by atoms with Gasteiger partial charge in [-0.3, -0.25) is 0 Å². The number of nitrogens with one attached hydrogen (secondary N) is 1. The molecule has 0 aliphatic heterocycles. The number of halogens is 1. The number of nitrogens with zero attached hydrogens (tertiary/aromatic N) is 4. The molecule has 25 heavy (non-hydrogen) atoms. The Balaban J connectivity index is 1.95. The second kappa shape index (κ2) is 7.11. The summed E-state index contributed by atoms with van der Waals surface area (Å²) in [6.45, 7) is 4.17. The molecule has 0 amide bonds. The number of hydrogen-bond donors (Lipinski definition) is 1. The van der Waals surface area contributed by atoms with E-state index in [9.17, 15) is 0 Å². The van der Waals surface area contributed by atoms with Crippen molar-refractivity contribution < 1.29 is 4.74 Å².